The molecule has 1 aliphatic heterocycles. The van der Waals surface area contributed by atoms with Gasteiger partial charge in [0.2, 0.25) is 23.6 Å². The molecular weight excluding hydrogens is 603 g/mol. The fourth-order valence-electron chi connectivity index (χ4n) is 6.00. The number of nitrogens with zero attached hydrogens (tertiary/aromatic N) is 4. The Hall–Kier alpha value is -3.94. The van der Waals surface area contributed by atoms with Crippen LogP contribution in [0.5, 0.6) is 0 Å². The van der Waals surface area contributed by atoms with E-state index in [1.54, 1.807) is 31.7 Å². The Labute approximate surface area is 267 Å². The van der Waals surface area contributed by atoms with Crippen molar-refractivity contribution in [3.05, 3.63) is 47.5 Å². The molecule has 46 heavy (non-hydrogen) atoms. The minimum Gasteiger partial charge on any atom is -0.344 e. The number of anilines is 1. The highest BCUT2D eigenvalue weighted by Gasteiger charge is 2.41. The van der Waals surface area contributed by atoms with Gasteiger partial charge in [-0.15, -0.1) is 0 Å². The largest absolute Gasteiger partial charge is 0.344 e. The van der Waals surface area contributed by atoms with Crippen molar-refractivity contribution in [2.75, 3.05) is 38.5 Å². The minimum atomic E-state index is -2.85. The number of rotatable bonds is 11. The number of benzene rings is 1. The zero-order valence-electron chi connectivity index (χ0n) is 26.8. The number of alkyl halides is 2. The van der Waals surface area contributed by atoms with Crippen LogP contribution in [-0.2, 0) is 20.9 Å². The summed E-state index contributed by atoms with van der Waals surface area (Å²) in [6.45, 7) is 8.03. The van der Waals surface area contributed by atoms with Crippen LogP contribution in [0, 0.1) is 11.7 Å². The smallest absolute Gasteiger partial charge is 0.270 e. The summed E-state index contributed by atoms with van der Waals surface area (Å²) >= 11 is 0. The third kappa shape index (κ3) is 8.45. The van der Waals surface area contributed by atoms with E-state index in [0.717, 1.165) is 0 Å². The highest BCUT2D eigenvalue weighted by molar-refractivity contribution is 6.00. The molecule has 4 amide bonds. The van der Waals surface area contributed by atoms with Gasteiger partial charge in [-0.1, -0.05) is 19.9 Å². The second kappa shape index (κ2) is 15.1. The summed E-state index contributed by atoms with van der Waals surface area (Å²) < 4.78 is 44.9. The minimum absolute atomic E-state index is 0.00352. The molecule has 2 fully saturated rings. The Morgan fingerprint density at radius 1 is 1.02 bits per heavy atom. The van der Waals surface area contributed by atoms with Gasteiger partial charge in [0.05, 0.1) is 5.69 Å². The SMILES string of the molecule is CCC(=O)N[C@@H](C(=O)N1CCN(C)CC1)[C@@H](C)c1ccc(NC(=O)[C@@H](NC(=O)c2ccnn2CC)C2CCC(F)(F)CC2)c(F)c1. The van der Waals surface area contributed by atoms with Gasteiger partial charge in [0.1, 0.15) is 23.6 Å². The lowest BCUT2D eigenvalue weighted by Crippen LogP contribution is -2.55. The number of aromatic nitrogens is 2. The number of hydrogen-bond acceptors (Lipinski definition) is 6. The Bertz CT molecular complexity index is 1400. The molecule has 1 saturated carbocycles. The number of aryl methyl sites for hydroxylation is 1. The third-order valence-electron chi connectivity index (χ3n) is 9.05. The lowest BCUT2D eigenvalue weighted by molar-refractivity contribution is -0.138. The van der Waals surface area contributed by atoms with Gasteiger partial charge in [-0.05, 0) is 56.5 Å². The molecule has 2 heterocycles. The van der Waals surface area contributed by atoms with E-state index < -0.39 is 60.3 Å². The molecule has 14 heteroatoms. The standard InChI is InChI=1S/C32H44F3N7O4/c1-5-26(43)38-27(31(46)41-17-15-40(4)16-18-41)20(3)22-7-8-24(23(33)19-22)37-30(45)28(21-9-12-32(34,35)13-10-21)39-29(44)25-11-14-36-42(25)6-2/h7-8,11,14,19-21,27-28H,5-6,9-10,12-13,15-18H2,1-4H3,(H,37,45)(H,38,43)(H,39,44)/t20-,27+,28-/m0/s1. The summed E-state index contributed by atoms with van der Waals surface area (Å²) in [5.41, 5.74) is 0.479. The van der Waals surface area contributed by atoms with E-state index in [2.05, 4.69) is 25.9 Å². The average Bonchev–Trinajstić information content (AvgIpc) is 3.52. The molecule has 3 N–H and O–H groups in total. The molecule has 11 nitrogen and oxygen atoms in total. The summed E-state index contributed by atoms with van der Waals surface area (Å²) in [7, 11) is 1.97. The van der Waals surface area contributed by atoms with Crippen LogP contribution in [0.2, 0.25) is 0 Å². The highest BCUT2D eigenvalue weighted by Crippen LogP contribution is 2.38. The second-order valence-corrected chi connectivity index (χ2v) is 12.2. The first-order chi connectivity index (χ1) is 21.8. The maximum Gasteiger partial charge on any atom is 0.270 e. The molecule has 4 rings (SSSR count). The van der Waals surface area contributed by atoms with Crippen molar-refractivity contribution in [1.29, 1.82) is 0 Å². The Balaban J connectivity index is 1.52. The van der Waals surface area contributed by atoms with E-state index in [-0.39, 0.29) is 42.5 Å². The monoisotopic (exact) mass is 647 g/mol. The van der Waals surface area contributed by atoms with Crippen LogP contribution in [0.4, 0.5) is 18.9 Å². The Kier molecular flexibility index (Phi) is 11.5. The van der Waals surface area contributed by atoms with E-state index in [4.69, 9.17) is 0 Å². The molecule has 0 spiro atoms. The van der Waals surface area contributed by atoms with Crippen LogP contribution in [0.25, 0.3) is 0 Å². The lowest BCUT2D eigenvalue weighted by atomic mass is 9.81. The van der Waals surface area contributed by atoms with Gasteiger partial charge >= 0.3 is 0 Å². The molecular formula is C32H44F3N7O4. The van der Waals surface area contributed by atoms with Crippen molar-refractivity contribution in [2.45, 2.75) is 83.3 Å². The summed E-state index contributed by atoms with van der Waals surface area (Å²) in [5.74, 6) is -6.69. The number of likely N-dealkylation sites (N-methyl/N-ethyl adjacent to an activating group) is 1. The quantitative estimate of drug-likeness (QED) is 0.343. The molecule has 252 valence electrons. The summed E-state index contributed by atoms with van der Waals surface area (Å²) in [6, 6.07) is 3.51. The number of hydrogen-bond donors (Lipinski definition) is 3. The predicted molar refractivity (Wildman–Crippen MR) is 166 cm³/mol. The Morgan fingerprint density at radius 3 is 2.30 bits per heavy atom. The number of nitrogens with one attached hydrogen (secondary N) is 3. The fourth-order valence-corrected chi connectivity index (χ4v) is 6.00. The zero-order valence-corrected chi connectivity index (χ0v) is 26.8. The van der Waals surface area contributed by atoms with Crippen molar-refractivity contribution in [1.82, 2.24) is 30.2 Å². The first-order valence-corrected chi connectivity index (χ1v) is 15.9. The van der Waals surface area contributed by atoms with Gasteiger partial charge in [-0.3, -0.25) is 23.9 Å². The average molecular weight is 648 g/mol. The third-order valence-corrected chi connectivity index (χ3v) is 9.05. The number of piperazine rings is 1. The molecule has 3 atom stereocenters. The van der Waals surface area contributed by atoms with Crippen molar-refractivity contribution >= 4 is 29.3 Å². The molecule has 1 aliphatic carbocycles. The van der Waals surface area contributed by atoms with Gasteiger partial charge in [0, 0.05) is 64.1 Å². The van der Waals surface area contributed by atoms with Crippen LogP contribution in [0.15, 0.2) is 30.5 Å². The van der Waals surface area contributed by atoms with E-state index in [1.807, 2.05) is 7.05 Å². The fraction of sp³-hybridized carbons (Fsp3) is 0.594. The molecule has 1 aromatic carbocycles. The number of amides is 4. The van der Waals surface area contributed by atoms with Gasteiger partial charge < -0.3 is 25.8 Å². The Morgan fingerprint density at radius 2 is 1.70 bits per heavy atom. The number of carbonyl (C=O) groups is 4. The van der Waals surface area contributed by atoms with Gasteiger partial charge in [0.25, 0.3) is 5.91 Å². The number of carbonyl (C=O) groups excluding carboxylic acids is 4. The van der Waals surface area contributed by atoms with Crippen molar-refractivity contribution in [2.24, 2.45) is 5.92 Å². The first-order valence-electron chi connectivity index (χ1n) is 15.9. The van der Waals surface area contributed by atoms with Crippen LogP contribution in [-0.4, -0.2) is 94.4 Å². The maximum atomic E-state index is 15.6. The molecule has 1 saturated heterocycles. The molecule has 2 aromatic rings. The summed E-state index contributed by atoms with van der Waals surface area (Å²) in [5, 5.41) is 12.1. The first kappa shape index (κ1) is 34.9. The van der Waals surface area contributed by atoms with Crippen LogP contribution >= 0.6 is 0 Å². The zero-order chi connectivity index (χ0) is 33.6. The van der Waals surface area contributed by atoms with Crippen molar-refractivity contribution in [3.8, 4) is 0 Å². The van der Waals surface area contributed by atoms with E-state index >= 15 is 4.39 Å². The van der Waals surface area contributed by atoms with E-state index in [0.29, 0.717) is 38.3 Å². The second-order valence-electron chi connectivity index (χ2n) is 12.2. The normalized spacial score (nSPS) is 19.2. The van der Waals surface area contributed by atoms with Gasteiger partial charge in [-0.25, -0.2) is 13.2 Å². The molecule has 0 bridgehead atoms. The van der Waals surface area contributed by atoms with Crippen LogP contribution in [0.1, 0.15) is 74.8 Å². The lowest BCUT2D eigenvalue weighted by Gasteiger charge is -2.36. The molecule has 2 aliphatic rings. The van der Waals surface area contributed by atoms with E-state index in [9.17, 15) is 28.0 Å². The van der Waals surface area contributed by atoms with Crippen LogP contribution < -0.4 is 16.0 Å². The van der Waals surface area contributed by atoms with Gasteiger partial charge in [0.15, 0.2) is 0 Å². The summed E-state index contributed by atoms with van der Waals surface area (Å²) in [4.78, 5) is 56.3. The molecule has 0 unspecified atom stereocenters. The van der Waals surface area contributed by atoms with Crippen molar-refractivity contribution < 1.29 is 32.3 Å². The highest BCUT2D eigenvalue weighted by atomic mass is 19.3. The predicted octanol–water partition coefficient (Wildman–Crippen LogP) is 3.38. The maximum absolute atomic E-state index is 15.6. The number of halogens is 3. The molecule has 0 radical (unpaired) electrons. The van der Waals surface area contributed by atoms with Gasteiger partial charge in [-0.2, -0.15) is 5.10 Å². The van der Waals surface area contributed by atoms with E-state index in [1.165, 1.54) is 29.1 Å². The van der Waals surface area contributed by atoms with Crippen molar-refractivity contribution in [3.63, 3.8) is 0 Å². The summed E-state index contributed by atoms with van der Waals surface area (Å²) in [6.07, 6.45) is 0.785. The van der Waals surface area contributed by atoms with Crippen LogP contribution in [0.3, 0.4) is 0 Å². The molecule has 1 aromatic heterocycles. The topological polar surface area (TPSA) is 129 Å².